The van der Waals surface area contributed by atoms with Crippen LogP contribution in [0.1, 0.15) is 24.0 Å². The highest BCUT2D eigenvalue weighted by molar-refractivity contribution is 7.89. The third-order valence-electron chi connectivity index (χ3n) is 6.06. The number of amides is 2. The van der Waals surface area contributed by atoms with E-state index >= 15 is 0 Å². The molecule has 3 aromatic rings. The molecule has 2 amide bonds. The predicted molar refractivity (Wildman–Crippen MR) is 133 cm³/mol. The third kappa shape index (κ3) is 5.50. The number of nitrogens with one attached hydrogen (secondary N) is 3. The van der Waals surface area contributed by atoms with Gasteiger partial charge in [0.05, 0.1) is 11.4 Å². The maximum atomic E-state index is 12.9. The van der Waals surface area contributed by atoms with Gasteiger partial charge in [-0.25, -0.2) is 13.1 Å². The number of sulfonamides is 1. The SMILES string of the molecule is N=C(N)c1ccc(CNC(=O)[C@@H]2CCCN2C(=O)CNS(=O)(=O)c2cccc3ccccc23)cc1. The minimum absolute atomic E-state index is 0.0308. The van der Waals surface area contributed by atoms with E-state index in [9.17, 15) is 18.0 Å². The van der Waals surface area contributed by atoms with E-state index in [1.165, 1.54) is 11.0 Å². The van der Waals surface area contributed by atoms with Crippen LogP contribution in [0.15, 0.2) is 71.6 Å². The van der Waals surface area contributed by atoms with Crippen LogP contribution in [0.5, 0.6) is 0 Å². The summed E-state index contributed by atoms with van der Waals surface area (Å²) in [6.45, 7) is 0.228. The largest absolute Gasteiger partial charge is 0.384 e. The predicted octanol–water partition coefficient (Wildman–Crippen LogP) is 1.71. The molecule has 35 heavy (non-hydrogen) atoms. The fourth-order valence-corrected chi connectivity index (χ4v) is 5.42. The number of nitrogens with two attached hydrogens (primary N) is 1. The van der Waals surface area contributed by atoms with Gasteiger partial charge in [-0.3, -0.25) is 15.0 Å². The first kappa shape index (κ1) is 24.4. The van der Waals surface area contributed by atoms with E-state index in [0.717, 1.165) is 10.9 Å². The number of likely N-dealkylation sites (tertiary alicyclic amines) is 1. The lowest BCUT2D eigenvalue weighted by Crippen LogP contribution is -2.48. The summed E-state index contributed by atoms with van der Waals surface area (Å²) < 4.78 is 28.2. The van der Waals surface area contributed by atoms with Crippen molar-refractivity contribution in [3.8, 4) is 0 Å². The van der Waals surface area contributed by atoms with Gasteiger partial charge in [-0.05, 0) is 29.9 Å². The Balaban J connectivity index is 1.37. The topological polar surface area (TPSA) is 145 Å². The number of amidine groups is 1. The van der Waals surface area contributed by atoms with E-state index < -0.39 is 28.5 Å². The minimum atomic E-state index is -3.93. The summed E-state index contributed by atoms with van der Waals surface area (Å²) in [6, 6.07) is 18.4. The Morgan fingerprint density at radius 2 is 1.74 bits per heavy atom. The van der Waals surface area contributed by atoms with Gasteiger partial charge < -0.3 is 16.0 Å². The van der Waals surface area contributed by atoms with Crippen LogP contribution >= 0.6 is 0 Å². The van der Waals surface area contributed by atoms with E-state index in [1.54, 1.807) is 42.5 Å². The van der Waals surface area contributed by atoms with Gasteiger partial charge in [0.25, 0.3) is 0 Å². The Kier molecular flexibility index (Phi) is 7.13. The van der Waals surface area contributed by atoms with Gasteiger partial charge in [-0.2, -0.15) is 0 Å². The maximum absolute atomic E-state index is 12.9. The van der Waals surface area contributed by atoms with E-state index in [0.29, 0.717) is 30.3 Å². The van der Waals surface area contributed by atoms with Gasteiger partial charge in [0.15, 0.2) is 0 Å². The van der Waals surface area contributed by atoms with Crippen molar-refractivity contribution in [1.29, 1.82) is 5.41 Å². The van der Waals surface area contributed by atoms with Crippen molar-refractivity contribution in [2.24, 2.45) is 5.73 Å². The van der Waals surface area contributed by atoms with E-state index in [1.807, 2.05) is 18.2 Å². The van der Waals surface area contributed by atoms with Crippen LogP contribution in [0.2, 0.25) is 0 Å². The first-order valence-corrected chi connectivity index (χ1v) is 12.7. The van der Waals surface area contributed by atoms with Gasteiger partial charge >= 0.3 is 0 Å². The maximum Gasteiger partial charge on any atom is 0.243 e. The molecule has 0 aliphatic carbocycles. The van der Waals surface area contributed by atoms with Crippen LogP contribution in [-0.4, -0.2) is 50.1 Å². The smallest absolute Gasteiger partial charge is 0.243 e. The number of benzene rings is 3. The lowest BCUT2D eigenvalue weighted by atomic mass is 10.1. The molecule has 9 nitrogen and oxygen atoms in total. The quantitative estimate of drug-likeness (QED) is 0.279. The summed E-state index contributed by atoms with van der Waals surface area (Å²) in [5.41, 5.74) is 6.89. The number of carbonyl (C=O) groups is 2. The second-order valence-electron chi connectivity index (χ2n) is 8.38. The van der Waals surface area contributed by atoms with Crippen LogP contribution in [0.25, 0.3) is 10.8 Å². The minimum Gasteiger partial charge on any atom is -0.384 e. The molecule has 5 N–H and O–H groups in total. The molecule has 0 aromatic heterocycles. The van der Waals surface area contributed by atoms with Crippen molar-refractivity contribution in [3.05, 3.63) is 77.9 Å². The first-order valence-electron chi connectivity index (χ1n) is 11.2. The van der Waals surface area contributed by atoms with Gasteiger partial charge in [0.2, 0.25) is 21.8 Å². The highest BCUT2D eigenvalue weighted by atomic mass is 32.2. The Labute approximate surface area is 203 Å². The third-order valence-corrected chi connectivity index (χ3v) is 7.52. The van der Waals surface area contributed by atoms with Crippen LogP contribution in [0.4, 0.5) is 0 Å². The highest BCUT2D eigenvalue weighted by Crippen LogP contribution is 2.23. The van der Waals surface area contributed by atoms with Gasteiger partial charge in [0, 0.05) is 24.0 Å². The number of hydrogen-bond acceptors (Lipinski definition) is 5. The fraction of sp³-hybridized carbons (Fsp3) is 0.240. The van der Waals surface area contributed by atoms with E-state index in [4.69, 9.17) is 11.1 Å². The molecule has 0 saturated carbocycles. The van der Waals surface area contributed by atoms with Crippen molar-refractivity contribution in [2.75, 3.05) is 13.1 Å². The monoisotopic (exact) mass is 493 g/mol. The lowest BCUT2D eigenvalue weighted by molar-refractivity contribution is -0.137. The number of carbonyl (C=O) groups excluding carboxylic acids is 2. The summed E-state index contributed by atoms with van der Waals surface area (Å²) in [6.07, 6.45) is 1.17. The highest BCUT2D eigenvalue weighted by Gasteiger charge is 2.34. The van der Waals surface area contributed by atoms with Gasteiger partial charge in [0.1, 0.15) is 11.9 Å². The standard InChI is InChI=1S/C25H27N5O4S/c26-24(27)19-12-10-17(11-13-19)15-28-25(32)21-8-4-14-30(21)23(31)16-29-35(33,34)22-9-3-6-18-5-1-2-7-20(18)22/h1-3,5-7,9-13,21,29H,4,8,14-16H2,(H3,26,27)(H,28,32)/t21-/m0/s1. The van der Waals surface area contributed by atoms with E-state index in [-0.39, 0.29) is 23.2 Å². The molecule has 1 heterocycles. The van der Waals surface area contributed by atoms with Crippen LogP contribution in [0.3, 0.4) is 0 Å². The molecule has 182 valence electrons. The van der Waals surface area contributed by atoms with Crippen molar-refractivity contribution in [3.63, 3.8) is 0 Å². The summed E-state index contributed by atoms with van der Waals surface area (Å²) in [5, 5.41) is 11.6. The summed E-state index contributed by atoms with van der Waals surface area (Å²) >= 11 is 0. The number of fused-ring (bicyclic) bond motifs is 1. The molecule has 0 radical (unpaired) electrons. The zero-order valence-electron chi connectivity index (χ0n) is 19.0. The van der Waals surface area contributed by atoms with Crippen molar-refractivity contribution in [2.45, 2.75) is 30.3 Å². The molecule has 1 aliphatic heterocycles. The summed E-state index contributed by atoms with van der Waals surface area (Å²) in [5.74, 6) is -0.766. The number of nitrogens with zero attached hydrogens (tertiary/aromatic N) is 1. The second-order valence-corrected chi connectivity index (χ2v) is 10.1. The van der Waals surface area contributed by atoms with Crippen LogP contribution < -0.4 is 15.8 Å². The lowest BCUT2D eigenvalue weighted by Gasteiger charge is -2.24. The fourth-order valence-electron chi connectivity index (χ4n) is 4.21. The zero-order valence-corrected chi connectivity index (χ0v) is 19.8. The number of hydrogen-bond donors (Lipinski definition) is 4. The Bertz CT molecular complexity index is 1370. The average molecular weight is 494 g/mol. The molecule has 0 spiro atoms. The molecule has 4 rings (SSSR count). The molecule has 3 aromatic carbocycles. The average Bonchev–Trinajstić information content (AvgIpc) is 3.36. The van der Waals surface area contributed by atoms with Crippen LogP contribution in [-0.2, 0) is 26.2 Å². The Morgan fingerprint density at radius 1 is 1.03 bits per heavy atom. The summed E-state index contributed by atoms with van der Waals surface area (Å²) in [4.78, 5) is 27.2. The van der Waals surface area contributed by atoms with Crippen LogP contribution in [0, 0.1) is 5.41 Å². The molecular weight excluding hydrogens is 466 g/mol. The first-order chi connectivity index (χ1) is 16.8. The number of nitrogen functional groups attached to an aromatic ring is 1. The van der Waals surface area contributed by atoms with Crippen molar-refractivity contribution < 1.29 is 18.0 Å². The van der Waals surface area contributed by atoms with E-state index in [2.05, 4.69) is 10.0 Å². The van der Waals surface area contributed by atoms with Gasteiger partial charge in [-0.1, -0.05) is 60.7 Å². The second kappa shape index (κ2) is 10.2. The molecule has 0 unspecified atom stereocenters. The molecular formula is C25H27N5O4S. The Morgan fingerprint density at radius 3 is 2.49 bits per heavy atom. The van der Waals surface area contributed by atoms with Gasteiger partial charge in [-0.15, -0.1) is 0 Å². The molecule has 10 heteroatoms. The summed E-state index contributed by atoms with van der Waals surface area (Å²) in [7, 11) is -3.93. The molecule has 1 atom stereocenters. The molecule has 1 saturated heterocycles. The molecule has 0 bridgehead atoms. The Hall–Kier alpha value is -3.76. The zero-order chi connectivity index (χ0) is 25.0. The van der Waals surface area contributed by atoms with Crippen molar-refractivity contribution in [1.82, 2.24) is 14.9 Å². The molecule has 1 fully saturated rings. The van der Waals surface area contributed by atoms with Crippen molar-refractivity contribution >= 4 is 38.4 Å². The normalized spacial score (nSPS) is 15.8. The number of rotatable bonds is 8. The molecule has 1 aliphatic rings.